The molecule has 1 aliphatic rings. The molecule has 0 aromatic carbocycles. The van der Waals surface area contributed by atoms with E-state index in [-0.39, 0.29) is 0 Å². The van der Waals surface area contributed by atoms with E-state index in [9.17, 15) is 0 Å². The second kappa shape index (κ2) is 3.35. The van der Waals surface area contributed by atoms with Crippen LogP contribution in [0, 0.1) is 12.3 Å². The summed E-state index contributed by atoms with van der Waals surface area (Å²) >= 11 is 0. The Balaban J connectivity index is 1.94. The van der Waals surface area contributed by atoms with Gasteiger partial charge in [0.1, 0.15) is 0 Å². The third-order valence-corrected chi connectivity index (χ3v) is 2.97. The molecule has 4 nitrogen and oxygen atoms in total. The fraction of sp³-hybridized carbons (Fsp3) is 0.800. The zero-order valence-electron chi connectivity index (χ0n) is 9.00. The van der Waals surface area contributed by atoms with Gasteiger partial charge in [0, 0.05) is 12.5 Å². The lowest BCUT2D eigenvalue weighted by Gasteiger charge is -2.43. The molecule has 0 amide bonds. The molecule has 0 unspecified atom stereocenters. The van der Waals surface area contributed by atoms with Crippen LogP contribution in [0.5, 0.6) is 0 Å². The maximum absolute atomic E-state index is 5.16. The Morgan fingerprint density at radius 1 is 1.57 bits per heavy atom. The summed E-state index contributed by atoms with van der Waals surface area (Å²) in [6.45, 7) is 5.22. The summed E-state index contributed by atoms with van der Waals surface area (Å²) in [7, 11) is 2.00. The van der Waals surface area contributed by atoms with Crippen LogP contribution in [0.1, 0.15) is 37.4 Å². The van der Waals surface area contributed by atoms with Crippen LogP contribution < -0.4 is 5.32 Å². The minimum absolute atomic E-state index is 0.418. The van der Waals surface area contributed by atoms with E-state index in [1.54, 1.807) is 0 Å². The van der Waals surface area contributed by atoms with Gasteiger partial charge in [0.2, 0.25) is 5.89 Å². The maximum atomic E-state index is 5.16. The predicted molar refractivity (Wildman–Crippen MR) is 53.0 cm³/mol. The van der Waals surface area contributed by atoms with E-state index in [0.717, 1.165) is 31.1 Å². The number of hydrogen-bond acceptors (Lipinski definition) is 4. The van der Waals surface area contributed by atoms with E-state index in [2.05, 4.69) is 22.4 Å². The largest absolute Gasteiger partial charge is 0.339 e. The molecule has 2 rings (SSSR count). The SMILES string of the molecule is CNCC1(C)CC(c2nc(C)no2)C1. The van der Waals surface area contributed by atoms with Gasteiger partial charge in [0.25, 0.3) is 0 Å². The summed E-state index contributed by atoms with van der Waals surface area (Å²) in [5.74, 6) is 2.04. The summed E-state index contributed by atoms with van der Waals surface area (Å²) in [6, 6.07) is 0. The molecule has 0 atom stereocenters. The van der Waals surface area contributed by atoms with Crippen molar-refractivity contribution in [3.8, 4) is 0 Å². The van der Waals surface area contributed by atoms with Crippen molar-refractivity contribution in [2.24, 2.45) is 5.41 Å². The highest BCUT2D eigenvalue weighted by Gasteiger charge is 2.42. The summed E-state index contributed by atoms with van der Waals surface area (Å²) < 4.78 is 5.16. The minimum Gasteiger partial charge on any atom is -0.339 e. The van der Waals surface area contributed by atoms with Gasteiger partial charge in [0.15, 0.2) is 5.82 Å². The van der Waals surface area contributed by atoms with Crippen LogP contribution in [-0.2, 0) is 0 Å². The van der Waals surface area contributed by atoms with Gasteiger partial charge < -0.3 is 9.84 Å². The Bertz CT molecular complexity index is 315. The first-order chi connectivity index (χ1) is 6.63. The van der Waals surface area contributed by atoms with E-state index in [1.165, 1.54) is 0 Å². The first-order valence-corrected chi connectivity index (χ1v) is 5.08. The summed E-state index contributed by atoms with van der Waals surface area (Å²) in [5, 5.41) is 7.03. The van der Waals surface area contributed by atoms with Gasteiger partial charge in [-0.05, 0) is 32.2 Å². The third kappa shape index (κ3) is 1.66. The van der Waals surface area contributed by atoms with Crippen LogP contribution in [0.2, 0.25) is 0 Å². The quantitative estimate of drug-likeness (QED) is 0.793. The molecule has 1 aromatic rings. The van der Waals surface area contributed by atoms with Gasteiger partial charge in [-0.25, -0.2) is 0 Å². The molecule has 0 bridgehead atoms. The van der Waals surface area contributed by atoms with Crippen molar-refractivity contribution < 1.29 is 4.52 Å². The van der Waals surface area contributed by atoms with E-state index in [1.807, 2.05) is 14.0 Å². The van der Waals surface area contributed by atoms with E-state index < -0.39 is 0 Å². The summed E-state index contributed by atoms with van der Waals surface area (Å²) in [4.78, 5) is 4.26. The maximum Gasteiger partial charge on any atom is 0.229 e. The Morgan fingerprint density at radius 2 is 2.29 bits per heavy atom. The zero-order chi connectivity index (χ0) is 10.2. The fourth-order valence-electron chi connectivity index (χ4n) is 2.35. The van der Waals surface area contributed by atoms with Crippen LogP contribution in [0.4, 0.5) is 0 Å². The lowest BCUT2D eigenvalue weighted by molar-refractivity contribution is 0.104. The number of aryl methyl sites for hydroxylation is 1. The van der Waals surface area contributed by atoms with Gasteiger partial charge in [-0.3, -0.25) is 0 Å². The second-order valence-electron chi connectivity index (χ2n) is 4.63. The van der Waals surface area contributed by atoms with Crippen LogP contribution >= 0.6 is 0 Å². The lowest BCUT2D eigenvalue weighted by atomic mass is 9.63. The van der Waals surface area contributed by atoms with Crippen molar-refractivity contribution in [3.63, 3.8) is 0 Å². The molecule has 0 aliphatic heterocycles. The van der Waals surface area contributed by atoms with Crippen molar-refractivity contribution in [1.82, 2.24) is 15.5 Å². The number of nitrogens with one attached hydrogen (secondary N) is 1. The number of nitrogens with zero attached hydrogens (tertiary/aromatic N) is 2. The lowest BCUT2D eigenvalue weighted by Crippen LogP contribution is -2.40. The Kier molecular flexibility index (Phi) is 2.31. The van der Waals surface area contributed by atoms with Crippen molar-refractivity contribution in [2.45, 2.75) is 32.6 Å². The monoisotopic (exact) mass is 195 g/mol. The Morgan fingerprint density at radius 3 is 2.79 bits per heavy atom. The molecule has 0 radical (unpaired) electrons. The molecule has 4 heteroatoms. The number of hydrogen-bond donors (Lipinski definition) is 1. The molecule has 1 N–H and O–H groups in total. The molecule has 1 aliphatic carbocycles. The Labute approximate surface area is 84.1 Å². The van der Waals surface area contributed by atoms with Crippen LogP contribution in [0.15, 0.2) is 4.52 Å². The normalized spacial score (nSPS) is 31.5. The van der Waals surface area contributed by atoms with Crippen molar-refractivity contribution in [2.75, 3.05) is 13.6 Å². The smallest absolute Gasteiger partial charge is 0.229 e. The first kappa shape index (κ1) is 9.65. The van der Waals surface area contributed by atoms with E-state index in [4.69, 9.17) is 4.52 Å². The molecule has 1 heterocycles. The molecule has 0 saturated heterocycles. The van der Waals surface area contributed by atoms with Crippen molar-refractivity contribution in [3.05, 3.63) is 11.7 Å². The molecule has 78 valence electrons. The summed E-state index contributed by atoms with van der Waals surface area (Å²) in [6.07, 6.45) is 2.30. The van der Waals surface area contributed by atoms with Crippen molar-refractivity contribution in [1.29, 1.82) is 0 Å². The molecule has 1 aromatic heterocycles. The van der Waals surface area contributed by atoms with Gasteiger partial charge in [-0.1, -0.05) is 12.1 Å². The molecular weight excluding hydrogens is 178 g/mol. The topological polar surface area (TPSA) is 51.0 Å². The van der Waals surface area contributed by atoms with Gasteiger partial charge in [-0.2, -0.15) is 4.98 Å². The standard InChI is InChI=1S/C10H17N3O/c1-7-12-9(14-13-7)8-4-10(2,5-8)6-11-3/h8,11H,4-6H2,1-3H3. The fourth-order valence-corrected chi connectivity index (χ4v) is 2.35. The molecule has 1 fully saturated rings. The molecular formula is C10H17N3O. The average molecular weight is 195 g/mol. The minimum atomic E-state index is 0.418. The van der Waals surface area contributed by atoms with Crippen LogP contribution in [-0.4, -0.2) is 23.7 Å². The first-order valence-electron chi connectivity index (χ1n) is 5.08. The van der Waals surface area contributed by atoms with Gasteiger partial charge in [0.05, 0.1) is 0 Å². The van der Waals surface area contributed by atoms with E-state index >= 15 is 0 Å². The molecule has 0 spiro atoms. The Hall–Kier alpha value is -0.900. The highest BCUT2D eigenvalue weighted by atomic mass is 16.5. The second-order valence-corrected chi connectivity index (χ2v) is 4.63. The molecule has 14 heavy (non-hydrogen) atoms. The predicted octanol–water partition coefficient (Wildman–Crippen LogP) is 1.48. The highest BCUT2D eigenvalue weighted by Crippen LogP contribution is 2.49. The van der Waals surface area contributed by atoms with Crippen LogP contribution in [0.3, 0.4) is 0 Å². The van der Waals surface area contributed by atoms with Gasteiger partial charge in [-0.15, -0.1) is 0 Å². The van der Waals surface area contributed by atoms with Gasteiger partial charge >= 0.3 is 0 Å². The molecule has 1 saturated carbocycles. The van der Waals surface area contributed by atoms with Crippen molar-refractivity contribution >= 4 is 0 Å². The van der Waals surface area contributed by atoms with Crippen LogP contribution in [0.25, 0.3) is 0 Å². The summed E-state index contributed by atoms with van der Waals surface area (Å²) in [5.41, 5.74) is 0.418. The average Bonchev–Trinajstić information content (AvgIpc) is 2.47. The van der Waals surface area contributed by atoms with E-state index in [0.29, 0.717) is 11.3 Å². The third-order valence-electron chi connectivity index (χ3n) is 2.97. The number of rotatable bonds is 3. The number of aromatic nitrogens is 2. The zero-order valence-corrected chi connectivity index (χ0v) is 9.00. The highest BCUT2D eigenvalue weighted by molar-refractivity contribution is 5.05.